The summed E-state index contributed by atoms with van der Waals surface area (Å²) in [4.78, 5) is 0. The van der Waals surface area contributed by atoms with Crippen molar-refractivity contribution in [3.8, 4) is 11.1 Å². The number of halogens is 1. The third-order valence-corrected chi connectivity index (χ3v) is 5.07. The van der Waals surface area contributed by atoms with Crippen LogP contribution < -0.4 is 0 Å². The van der Waals surface area contributed by atoms with Gasteiger partial charge in [0.05, 0.1) is 0 Å². The fourth-order valence-electron chi connectivity index (χ4n) is 2.98. The van der Waals surface area contributed by atoms with Gasteiger partial charge < -0.3 is 0 Å². The van der Waals surface area contributed by atoms with E-state index in [1.165, 1.54) is 31.4 Å². The minimum Gasteiger partial charge on any atom is -0.0991 e. The molecule has 1 aliphatic rings. The Labute approximate surface area is 146 Å². The first-order chi connectivity index (χ1) is 10.5. The molecule has 2 aromatic rings. The number of fused-ring (bicyclic) bond motifs is 1. The second-order valence-electron chi connectivity index (χ2n) is 6.13. The zero-order chi connectivity index (χ0) is 15.7. The van der Waals surface area contributed by atoms with Crippen molar-refractivity contribution in [2.75, 3.05) is 0 Å². The third kappa shape index (κ3) is 2.70. The van der Waals surface area contributed by atoms with Gasteiger partial charge in [-0.2, -0.15) is 0 Å². The van der Waals surface area contributed by atoms with Crippen LogP contribution in [0, 0.1) is 3.57 Å². The number of allylic oxidation sites excluding steroid dienone is 4. The molecule has 0 unspecified atom stereocenters. The second-order valence-corrected chi connectivity index (χ2v) is 7.37. The number of benzene rings is 2. The Morgan fingerprint density at radius 1 is 1.00 bits per heavy atom. The summed E-state index contributed by atoms with van der Waals surface area (Å²) in [5.74, 6) is 0. The molecule has 0 saturated carbocycles. The molecule has 1 aliphatic carbocycles. The molecule has 2 aromatic carbocycles. The normalized spacial score (nSPS) is 15.7. The Morgan fingerprint density at radius 3 is 2.36 bits per heavy atom. The Bertz CT molecular complexity index is 774. The molecule has 0 aromatic heterocycles. The van der Waals surface area contributed by atoms with Gasteiger partial charge in [-0.15, -0.1) is 0 Å². The highest BCUT2D eigenvalue weighted by atomic mass is 127. The summed E-state index contributed by atoms with van der Waals surface area (Å²) in [6, 6.07) is 15.5. The van der Waals surface area contributed by atoms with Gasteiger partial charge in [-0.3, -0.25) is 0 Å². The van der Waals surface area contributed by atoms with Crippen LogP contribution in [0.4, 0.5) is 0 Å². The van der Waals surface area contributed by atoms with E-state index < -0.39 is 0 Å². The molecule has 0 fully saturated rings. The van der Waals surface area contributed by atoms with Crippen LogP contribution in [0.2, 0.25) is 0 Å². The lowest BCUT2D eigenvalue weighted by atomic mass is 9.80. The fraction of sp³-hybridized carbons (Fsp3) is 0.143. The van der Waals surface area contributed by atoms with Crippen molar-refractivity contribution in [3.05, 3.63) is 87.5 Å². The topological polar surface area (TPSA) is 0 Å². The molecule has 0 aliphatic heterocycles. The van der Waals surface area contributed by atoms with Gasteiger partial charge in [0.25, 0.3) is 0 Å². The molecule has 0 amide bonds. The van der Waals surface area contributed by atoms with Crippen LogP contribution in [0.15, 0.2) is 72.8 Å². The maximum Gasteiger partial charge on any atom is 0.0152 e. The molecule has 22 heavy (non-hydrogen) atoms. The molecule has 0 nitrogen and oxygen atoms in total. The number of rotatable bonds is 3. The monoisotopic (exact) mass is 398 g/mol. The highest BCUT2D eigenvalue weighted by molar-refractivity contribution is 14.1. The summed E-state index contributed by atoms with van der Waals surface area (Å²) in [7, 11) is 0. The van der Waals surface area contributed by atoms with E-state index in [2.05, 4.69) is 97.6 Å². The molecule has 110 valence electrons. The molecule has 0 bridgehead atoms. The standard InChI is InChI=1S/C21H19I/c1-4-5-6-18-13-17-8-7-16(14-20(17)21(18,2)3)15-9-11-19(22)12-10-15/h4-14H,1H2,2-3H3/b6-5-. The zero-order valence-electron chi connectivity index (χ0n) is 12.9. The first-order valence-electron chi connectivity index (χ1n) is 7.44. The van der Waals surface area contributed by atoms with Crippen molar-refractivity contribution in [3.63, 3.8) is 0 Å². The van der Waals surface area contributed by atoms with Gasteiger partial charge in [-0.05, 0) is 68.6 Å². The smallest absolute Gasteiger partial charge is 0.0152 e. The van der Waals surface area contributed by atoms with Gasteiger partial charge in [0.2, 0.25) is 0 Å². The van der Waals surface area contributed by atoms with Crippen LogP contribution >= 0.6 is 22.6 Å². The van der Waals surface area contributed by atoms with Crippen LogP contribution in [-0.2, 0) is 5.41 Å². The van der Waals surface area contributed by atoms with E-state index in [1.807, 2.05) is 12.2 Å². The molecule has 3 rings (SSSR count). The van der Waals surface area contributed by atoms with Crippen molar-refractivity contribution in [1.82, 2.24) is 0 Å². The molecule has 0 spiro atoms. The van der Waals surface area contributed by atoms with E-state index in [-0.39, 0.29) is 5.41 Å². The van der Waals surface area contributed by atoms with Gasteiger partial charge in [-0.25, -0.2) is 0 Å². The van der Waals surface area contributed by atoms with Crippen molar-refractivity contribution in [2.45, 2.75) is 19.3 Å². The lowest BCUT2D eigenvalue weighted by molar-refractivity contribution is 0.655. The first-order valence-corrected chi connectivity index (χ1v) is 8.52. The SMILES string of the molecule is C=C/C=C\C1=Cc2ccc(-c3ccc(I)cc3)cc2C1(C)C. The van der Waals surface area contributed by atoms with Crippen molar-refractivity contribution in [2.24, 2.45) is 0 Å². The summed E-state index contributed by atoms with van der Waals surface area (Å²) in [5.41, 5.74) is 6.64. The van der Waals surface area contributed by atoms with Crippen molar-refractivity contribution >= 4 is 28.7 Å². The Hall–Kier alpha value is -1.61. The average molecular weight is 398 g/mol. The molecule has 1 heteroatoms. The van der Waals surface area contributed by atoms with E-state index in [0.29, 0.717) is 0 Å². The lowest BCUT2D eigenvalue weighted by Crippen LogP contribution is -2.16. The van der Waals surface area contributed by atoms with E-state index in [9.17, 15) is 0 Å². The molecule has 0 atom stereocenters. The highest BCUT2D eigenvalue weighted by Gasteiger charge is 2.31. The highest BCUT2D eigenvalue weighted by Crippen LogP contribution is 2.43. The van der Waals surface area contributed by atoms with Crippen molar-refractivity contribution < 1.29 is 0 Å². The van der Waals surface area contributed by atoms with Gasteiger partial charge >= 0.3 is 0 Å². The van der Waals surface area contributed by atoms with Gasteiger partial charge in [-0.1, -0.05) is 69.0 Å². The van der Waals surface area contributed by atoms with E-state index in [0.717, 1.165) is 0 Å². The average Bonchev–Trinajstić information content (AvgIpc) is 2.76. The third-order valence-electron chi connectivity index (χ3n) is 4.35. The number of hydrogen-bond acceptors (Lipinski definition) is 0. The maximum absolute atomic E-state index is 3.76. The van der Waals surface area contributed by atoms with Crippen LogP contribution in [-0.4, -0.2) is 0 Å². The zero-order valence-corrected chi connectivity index (χ0v) is 15.1. The van der Waals surface area contributed by atoms with Crippen LogP contribution in [0.5, 0.6) is 0 Å². The largest absolute Gasteiger partial charge is 0.0991 e. The first kappa shape index (κ1) is 15.3. The number of hydrogen-bond donors (Lipinski definition) is 0. The van der Waals surface area contributed by atoms with E-state index in [4.69, 9.17) is 0 Å². The summed E-state index contributed by atoms with van der Waals surface area (Å²) in [6.07, 6.45) is 8.29. The van der Waals surface area contributed by atoms with Crippen LogP contribution in [0.1, 0.15) is 25.0 Å². The van der Waals surface area contributed by atoms with Gasteiger partial charge in [0.1, 0.15) is 0 Å². The maximum atomic E-state index is 3.76. The Morgan fingerprint density at radius 2 is 1.68 bits per heavy atom. The molecule has 0 saturated heterocycles. The van der Waals surface area contributed by atoms with Crippen molar-refractivity contribution in [1.29, 1.82) is 0 Å². The summed E-state index contributed by atoms with van der Waals surface area (Å²) >= 11 is 2.34. The predicted octanol–water partition coefficient (Wildman–Crippen LogP) is 6.38. The predicted molar refractivity (Wildman–Crippen MR) is 105 cm³/mol. The molecule has 0 radical (unpaired) electrons. The van der Waals surface area contributed by atoms with Crippen LogP contribution in [0.3, 0.4) is 0 Å². The fourth-order valence-corrected chi connectivity index (χ4v) is 3.34. The van der Waals surface area contributed by atoms with Crippen LogP contribution in [0.25, 0.3) is 17.2 Å². The molecular weight excluding hydrogens is 379 g/mol. The summed E-state index contributed by atoms with van der Waals surface area (Å²) in [6.45, 7) is 8.34. The lowest BCUT2D eigenvalue weighted by Gasteiger charge is -2.23. The minimum absolute atomic E-state index is 0.0358. The van der Waals surface area contributed by atoms with Gasteiger partial charge in [0, 0.05) is 8.99 Å². The van der Waals surface area contributed by atoms with E-state index >= 15 is 0 Å². The minimum atomic E-state index is 0.0358. The second kappa shape index (κ2) is 5.88. The van der Waals surface area contributed by atoms with Gasteiger partial charge in [0.15, 0.2) is 0 Å². The molecular formula is C21H19I. The van der Waals surface area contributed by atoms with E-state index in [1.54, 1.807) is 0 Å². The molecule has 0 heterocycles. The quantitative estimate of drug-likeness (QED) is 0.416. The Kier molecular flexibility index (Phi) is 4.09. The Balaban J connectivity index is 2.03. The molecule has 0 N–H and O–H groups in total. The summed E-state index contributed by atoms with van der Waals surface area (Å²) in [5, 5.41) is 0. The summed E-state index contributed by atoms with van der Waals surface area (Å²) < 4.78 is 1.27.